The van der Waals surface area contributed by atoms with Gasteiger partial charge in [0.25, 0.3) is 0 Å². The minimum atomic E-state index is -0.382. The number of nitrogens with one attached hydrogen (secondary N) is 2. The van der Waals surface area contributed by atoms with Crippen molar-refractivity contribution in [3.05, 3.63) is 59.7 Å². The molecular formula is C26H28FN5O2. The van der Waals surface area contributed by atoms with Crippen molar-refractivity contribution in [2.24, 2.45) is 0 Å². The molecule has 4 aromatic rings. The number of β-amino-alcohol motifs (C(OH)–C–C–N with tert-alkyl or cyclic N) is 1. The summed E-state index contributed by atoms with van der Waals surface area (Å²) in [5.74, 6) is 0.356. The molecule has 0 fully saturated rings. The van der Waals surface area contributed by atoms with Crippen molar-refractivity contribution in [3.8, 4) is 28.4 Å². The summed E-state index contributed by atoms with van der Waals surface area (Å²) >= 11 is 0. The second-order valence-electron chi connectivity index (χ2n) is 8.76. The molecule has 0 radical (unpaired) electrons. The molecule has 0 amide bonds. The van der Waals surface area contributed by atoms with Crippen LogP contribution in [0.2, 0.25) is 0 Å². The largest absolute Gasteiger partial charge is 0.508 e. The van der Waals surface area contributed by atoms with E-state index >= 15 is 4.39 Å². The second kappa shape index (κ2) is 9.04. The number of aryl methyl sites for hydroxylation is 1. The van der Waals surface area contributed by atoms with Crippen molar-refractivity contribution in [1.29, 1.82) is 0 Å². The number of halogens is 1. The van der Waals surface area contributed by atoms with Gasteiger partial charge in [0.1, 0.15) is 17.0 Å². The average Bonchev–Trinajstić information content (AvgIpc) is 3.49. The van der Waals surface area contributed by atoms with E-state index in [4.69, 9.17) is 4.98 Å². The zero-order chi connectivity index (χ0) is 23.8. The first kappa shape index (κ1) is 22.3. The number of phenols is 1. The van der Waals surface area contributed by atoms with Gasteiger partial charge >= 0.3 is 0 Å². The van der Waals surface area contributed by atoms with E-state index in [0.29, 0.717) is 47.0 Å². The Labute approximate surface area is 197 Å². The average molecular weight is 462 g/mol. The number of phenolic OH excluding ortho intramolecular Hbond substituents is 1. The number of aromatic hydroxyl groups is 1. The smallest absolute Gasteiger partial charge is 0.159 e. The summed E-state index contributed by atoms with van der Waals surface area (Å²) in [5.41, 5.74) is 4.90. The molecule has 7 nitrogen and oxygen atoms in total. The van der Waals surface area contributed by atoms with Crippen LogP contribution in [0.25, 0.3) is 39.1 Å². The van der Waals surface area contributed by atoms with Crippen LogP contribution in [-0.2, 0) is 6.42 Å². The summed E-state index contributed by atoms with van der Waals surface area (Å²) in [6, 6.07) is 8.97. The van der Waals surface area contributed by atoms with Gasteiger partial charge in [0.2, 0.25) is 0 Å². The molecule has 0 saturated heterocycles. The van der Waals surface area contributed by atoms with Crippen LogP contribution in [0.5, 0.6) is 5.75 Å². The molecule has 1 atom stereocenters. The molecule has 8 heteroatoms. The number of aromatic amines is 2. The van der Waals surface area contributed by atoms with Crippen LogP contribution in [0.4, 0.5) is 4.39 Å². The molecule has 0 unspecified atom stereocenters. The number of aromatic nitrogens is 4. The van der Waals surface area contributed by atoms with Gasteiger partial charge in [-0.3, -0.25) is 10.00 Å². The lowest BCUT2D eigenvalue weighted by Gasteiger charge is -2.32. The van der Waals surface area contributed by atoms with E-state index in [9.17, 15) is 10.2 Å². The number of fused-ring (bicyclic) bond motifs is 1. The highest BCUT2D eigenvalue weighted by Gasteiger charge is 2.23. The monoisotopic (exact) mass is 461 g/mol. The van der Waals surface area contributed by atoms with Crippen LogP contribution in [0, 0.1) is 5.82 Å². The normalized spacial score (nSPS) is 16.8. The summed E-state index contributed by atoms with van der Waals surface area (Å²) < 4.78 is 15.5. The Morgan fingerprint density at radius 1 is 1.21 bits per heavy atom. The molecule has 5 rings (SSSR count). The number of rotatable bonds is 6. The van der Waals surface area contributed by atoms with Gasteiger partial charge in [-0.1, -0.05) is 25.1 Å². The van der Waals surface area contributed by atoms with Gasteiger partial charge in [-0.05, 0) is 54.7 Å². The lowest BCUT2D eigenvalue weighted by atomic mass is 9.96. The Balaban J connectivity index is 1.49. The first-order chi connectivity index (χ1) is 16.5. The van der Waals surface area contributed by atoms with Gasteiger partial charge in [0.05, 0.1) is 12.3 Å². The Hall–Kier alpha value is -3.49. The lowest BCUT2D eigenvalue weighted by molar-refractivity contribution is 0.170. The van der Waals surface area contributed by atoms with E-state index in [0.717, 1.165) is 35.4 Å². The Kier molecular flexibility index (Phi) is 5.93. The maximum Gasteiger partial charge on any atom is 0.159 e. The van der Waals surface area contributed by atoms with Gasteiger partial charge in [0, 0.05) is 36.3 Å². The van der Waals surface area contributed by atoms with Crippen LogP contribution in [-0.4, -0.2) is 61.0 Å². The molecule has 0 bridgehead atoms. The summed E-state index contributed by atoms with van der Waals surface area (Å²) in [6.45, 7) is 5.60. The molecule has 2 aromatic carbocycles. The molecular weight excluding hydrogens is 433 g/mol. The Morgan fingerprint density at radius 3 is 2.82 bits per heavy atom. The number of nitrogens with zero attached hydrogens (tertiary/aromatic N) is 3. The molecule has 0 saturated carbocycles. The zero-order valence-corrected chi connectivity index (χ0v) is 19.3. The van der Waals surface area contributed by atoms with Gasteiger partial charge in [-0.2, -0.15) is 5.10 Å². The second-order valence-corrected chi connectivity index (χ2v) is 8.76. The quantitative estimate of drug-likeness (QED) is 0.339. The van der Waals surface area contributed by atoms with E-state index in [-0.39, 0.29) is 18.2 Å². The molecule has 34 heavy (non-hydrogen) atoms. The van der Waals surface area contributed by atoms with Crippen molar-refractivity contribution in [2.75, 3.05) is 19.7 Å². The third kappa shape index (κ3) is 3.89. The highest BCUT2D eigenvalue weighted by molar-refractivity contribution is 5.95. The van der Waals surface area contributed by atoms with Crippen LogP contribution < -0.4 is 0 Å². The summed E-state index contributed by atoms with van der Waals surface area (Å²) in [7, 11) is 0. The molecule has 1 aliphatic rings. The number of imidazole rings is 1. The predicted octanol–water partition coefficient (Wildman–Crippen LogP) is 4.50. The number of aliphatic hydroxyl groups excluding tert-OH is 1. The van der Waals surface area contributed by atoms with E-state index in [1.165, 1.54) is 0 Å². The highest BCUT2D eigenvalue weighted by atomic mass is 19.1. The van der Waals surface area contributed by atoms with Crippen molar-refractivity contribution < 1.29 is 14.6 Å². The van der Waals surface area contributed by atoms with E-state index in [1.54, 1.807) is 24.3 Å². The molecule has 176 valence electrons. The summed E-state index contributed by atoms with van der Waals surface area (Å²) in [4.78, 5) is 10.2. The molecule has 0 spiro atoms. The SMILES string of the molecule is CCc1cc(O)ccc1-c1ccc2c(-c3nc(C4=CC[C@H](C)N(CCO)C4)c[nH]3)n[nH]c2c1F. The summed E-state index contributed by atoms with van der Waals surface area (Å²) in [5, 5.41) is 27.0. The van der Waals surface area contributed by atoms with Crippen LogP contribution in [0.3, 0.4) is 0 Å². The minimum Gasteiger partial charge on any atom is -0.508 e. The maximum atomic E-state index is 15.5. The van der Waals surface area contributed by atoms with Crippen molar-refractivity contribution in [2.45, 2.75) is 32.7 Å². The Bertz CT molecular complexity index is 1370. The fraction of sp³-hybridized carbons (Fsp3) is 0.308. The molecule has 4 N–H and O–H groups in total. The van der Waals surface area contributed by atoms with Crippen LogP contribution >= 0.6 is 0 Å². The van der Waals surface area contributed by atoms with Crippen molar-refractivity contribution in [3.63, 3.8) is 0 Å². The first-order valence-corrected chi connectivity index (χ1v) is 11.6. The minimum absolute atomic E-state index is 0.125. The van der Waals surface area contributed by atoms with Crippen LogP contribution in [0.1, 0.15) is 31.5 Å². The zero-order valence-electron chi connectivity index (χ0n) is 19.3. The maximum absolute atomic E-state index is 15.5. The number of benzene rings is 2. The number of aliphatic hydroxyl groups is 1. The van der Waals surface area contributed by atoms with Gasteiger partial charge in [0.15, 0.2) is 11.6 Å². The molecule has 2 aromatic heterocycles. The Morgan fingerprint density at radius 2 is 2.03 bits per heavy atom. The topological polar surface area (TPSA) is 101 Å². The lowest BCUT2D eigenvalue weighted by Crippen LogP contribution is -2.38. The van der Waals surface area contributed by atoms with Gasteiger partial charge < -0.3 is 15.2 Å². The fourth-order valence-corrected chi connectivity index (χ4v) is 4.70. The van der Waals surface area contributed by atoms with E-state index in [1.807, 2.05) is 19.2 Å². The number of hydrogen-bond acceptors (Lipinski definition) is 5. The van der Waals surface area contributed by atoms with E-state index < -0.39 is 0 Å². The number of hydrogen-bond donors (Lipinski definition) is 4. The highest BCUT2D eigenvalue weighted by Crippen LogP contribution is 2.35. The fourth-order valence-electron chi connectivity index (χ4n) is 4.70. The third-order valence-corrected chi connectivity index (χ3v) is 6.66. The standard InChI is InChI=1S/C26H28FN5O2/c1-3-16-12-18(34)6-7-19(16)20-8-9-21-24(23(20)27)30-31-25(21)26-28-13-22(29-26)17-5-4-15(2)32(14-17)10-11-33/h5-9,12-13,15,33-34H,3-4,10-11,14H2,1-2H3,(H,28,29)(H,30,31)/t15-/m0/s1. The van der Waals surface area contributed by atoms with Crippen LogP contribution in [0.15, 0.2) is 42.6 Å². The number of H-pyrrole nitrogens is 2. The third-order valence-electron chi connectivity index (χ3n) is 6.66. The summed E-state index contributed by atoms with van der Waals surface area (Å²) in [6.07, 6.45) is 5.61. The van der Waals surface area contributed by atoms with Gasteiger partial charge in [-0.15, -0.1) is 0 Å². The van der Waals surface area contributed by atoms with Crippen molar-refractivity contribution in [1.82, 2.24) is 25.1 Å². The molecule has 1 aliphatic heterocycles. The molecule has 0 aliphatic carbocycles. The first-order valence-electron chi connectivity index (χ1n) is 11.6. The predicted molar refractivity (Wildman–Crippen MR) is 131 cm³/mol. The van der Waals surface area contributed by atoms with Crippen molar-refractivity contribution >= 4 is 16.5 Å². The van der Waals surface area contributed by atoms with Gasteiger partial charge in [-0.25, -0.2) is 9.37 Å². The molecule has 3 heterocycles. The van der Waals surface area contributed by atoms with E-state index in [2.05, 4.69) is 33.1 Å².